The van der Waals surface area contributed by atoms with Gasteiger partial charge in [0.25, 0.3) is 0 Å². The summed E-state index contributed by atoms with van der Waals surface area (Å²) < 4.78 is 61.4. The summed E-state index contributed by atoms with van der Waals surface area (Å²) in [7, 11) is 0. The van der Waals surface area contributed by atoms with E-state index >= 15 is 0 Å². The molecule has 170 valence electrons. The number of aliphatic hydroxyl groups is 1. The van der Waals surface area contributed by atoms with Crippen molar-refractivity contribution < 1.29 is 27.4 Å². The molecule has 0 saturated carbocycles. The first-order chi connectivity index (χ1) is 15.6. The van der Waals surface area contributed by atoms with E-state index in [1.54, 1.807) is 6.92 Å². The lowest BCUT2D eigenvalue weighted by Gasteiger charge is -2.31. The molecule has 1 atom stereocenters. The normalized spacial score (nSPS) is 14.3. The smallest absolute Gasteiger partial charge is 0.424 e. The molecule has 5 nitrogen and oxygen atoms in total. The summed E-state index contributed by atoms with van der Waals surface area (Å²) in [6, 6.07) is 11.0. The maximum absolute atomic E-state index is 13.9. The first-order valence-electron chi connectivity index (χ1n) is 9.68. The highest BCUT2D eigenvalue weighted by molar-refractivity contribution is 5.81. The van der Waals surface area contributed by atoms with Gasteiger partial charge in [-0.2, -0.15) is 23.5 Å². The number of alkyl halides is 3. The molecule has 1 N–H and O–H groups in total. The molecule has 0 radical (unpaired) electrons. The van der Waals surface area contributed by atoms with Gasteiger partial charge in [-0.15, -0.1) is 0 Å². The van der Waals surface area contributed by atoms with Crippen LogP contribution in [0.4, 0.5) is 17.6 Å². The predicted molar refractivity (Wildman–Crippen MR) is 115 cm³/mol. The number of benzene rings is 2. The number of fused-ring (bicyclic) bond motifs is 1. The standard InChI is InChI=1S/C24H19F4N3O2/c1-3-17(13-29)5-4-16(2)33-15-23(32,24(26,27)28)19-6-11-22-18(12-19)14-30-31(22)21-9-7-20(25)8-10-21/h3-12,14,32H,2,15H2,1H3/b5-4-,17-3+. The molecule has 1 aromatic heterocycles. The van der Waals surface area contributed by atoms with Gasteiger partial charge in [-0.3, -0.25) is 0 Å². The van der Waals surface area contributed by atoms with Crippen LogP contribution in [-0.2, 0) is 10.3 Å². The van der Waals surface area contributed by atoms with Gasteiger partial charge in [-0.05, 0) is 61.0 Å². The SMILES string of the molecule is C=C(/C=C\C(C#N)=C/C)OCC(O)(c1ccc2c(cnn2-c2ccc(F)cc2)c1)C(F)(F)F. The summed E-state index contributed by atoms with van der Waals surface area (Å²) in [6.07, 6.45) is 0.383. The largest absolute Gasteiger partial charge is 0.490 e. The average molecular weight is 457 g/mol. The maximum atomic E-state index is 13.9. The Bertz CT molecular complexity index is 1270. The monoisotopic (exact) mass is 457 g/mol. The molecule has 1 heterocycles. The molecule has 3 rings (SSSR count). The summed E-state index contributed by atoms with van der Waals surface area (Å²) in [5.74, 6) is -0.587. The first-order valence-corrected chi connectivity index (χ1v) is 9.68. The Kier molecular flexibility index (Phi) is 6.70. The molecule has 0 fully saturated rings. The van der Waals surface area contributed by atoms with Gasteiger partial charge in [0, 0.05) is 11.0 Å². The van der Waals surface area contributed by atoms with Gasteiger partial charge in [-0.1, -0.05) is 18.7 Å². The minimum Gasteiger partial charge on any atom is -0.490 e. The second kappa shape index (κ2) is 9.30. The molecule has 3 aromatic rings. The molecular formula is C24H19F4N3O2. The minimum absolute atomic E-state index is 0.155. The summed E-state index contributed by atoms with van der Waals surface area (Å²) in [6.45, 7) is 3.99. The van der Waals surface area contributed by atoms with E-state index in [0.29, 0.717) is 16.6 Å². The van der Waals surface area contributed by atoms with Crippen LogP contribution in [0.1, 0.15) is 12.5 Å². The number of aromatic nitrogens is 2. The van der Waals surface area contributed by atoms with Gasteiger partial charge in [0.15, 0.2) is 0 Å². The highest BCUT2D eigenvalue weighted by Gasteiger charge is 2.56. The quantitative estimate of drug-likeness (QED) is 0.221. The topological polar surface area (TPSA) is 71.1 Å². The van der Waals surface area contributed by atoms with Crippen LogP contribution in [0.5, 0.6) is 0 Å². The molecule has 1 unspecified atom stereocenters. The van der Waals surface area contributed by atoms with Crippen LogP contribution in [0.15, 0.2) is 84.8 Å². The van der Waals surface area contributed by atoms with E-state index in [-0.39, 0.29) is 11.3 Å². The van der Waals surface area contributed by atoms with Crippen molar-refractivity contribution in [2.45, 2.75) is 18.7 Å². The lowest BCUT2D eigenvalue weighted by atomic mass is 9.93. The zero-order valence-electron chi connectivity index (χ0n) is 17.5. The van der Waals surface area contributed by atoms with Crippen molar-refractivity contribution in [2.75, 3.05) is 6.61 Å². The molecule has 2 aromatic carbocycles. The van der Waals surface area contributed by atoms with E-state index in [1.165, 1.54) is 65.5 Å². The Morgan fingerprint density at radius 3 is 2.52 bits per heavy atom. The second-order valence-electron chi connectivity index (χ2n) is 7.11. The Labute approximate surface area is 187 Å². The van der Waals surface area contributed by atoms with Crippen molar-refractivity contribution in [2.24, 2.45) is 0 Å². The van der Waals surface area contributed by atoms with Crippen molar-refractivity contribution >= 4 is 10.9 Å². The van der Waals surface area contributed by atoms with Crippen LogP contribution in [0, 0.1) is 17.1 Å². The number of nitriles is 1. The number of allylic oxidation sites excluding steroid dienone is 4. The van der Waals surface area contributed by atoms with Crippen LogP contribution in [-0.4, -0.2) is 27.7 Å². The molecule has 0 aliphatic carbocycles. The number of halogens is 4. The first kappa shape index (κ1) is 23.8. The van der Waals surface area contributed by atoms with Crippen LogP contribution in [0.25, 0.3) is 16.6 Å². The fourth-order valence-corrected chi connectivity index (χ4v) is 3.03. The zero-order chi connectivity index (χ0) is 24.2. The zero-order valence-corrected chi connectivity index (χ0v) is 17.5. The molecule has 9 heteroatoms. The van der Waals surface area contributed by atoms with E-state index in [2.05, 4.69) is 11.7 Å². The van der Waals surface area contributed by atoms with Gasteiger partial charge in [0.1, 0.15) is 18.2 Å². The fraction of sp³-hybridized carbons (Fsp3) is 0.167. The average Bonchev–Trinajstić information content (AvgIpc) is 3.21. The Morgan fingerprint density at radius 2 is 1.91 bits per heavy atom. The van der Waals surface area contributed by atoms with Gasteiger partial charge in [-0.25, -0.2) is 9.07 Å². The summed E-state index contributed by atoms with van der Waals surface area (Å²) in [4.78, 5) is 0. The third-order valence-electron chi connectivity index (χ3n) is 4.94. The van der Waals surface area contributed by atoms with E-state index in [1.807, 2.05) is 6.07 Å². The predicted octanol–water partition coefficient (Wildman–Crippen LogP) is 5.47. The molecule has 0 bridgehead atoms. The fourth-order valence-electron chi connectivity index (χ4n) is 3.03. The summed E-state index contributed by atoms with van der Waals surface area (Å²) in [5, 5.41) is 24.0. The van der Waals surface area contributed by atoms with Gasteiger partial charge >= 0.3 is 6.18 Å². The molecule has 0 saturated heterocycles. The van der Waals surface area contributed by atoms with Gasteiger partial charge in [0.05, 0.1) is 23.5 Å². The highest BCUT2D eigenvalue weighted by atomic mass is 19.4. The van der Waals surface area contributed by atoms with Crippen molar-refractivity contribution in [3.8, 4) is 11.8 Å². The van der Waals surface area contributed by atoms with E-state index in [0.717, 1.165) is 6.07 Å². The van der Waals surface area contributed by atoms with E-state index in [4.69, 9.17) is 10.00 Å². The Hall–Kier alpha value is -3.90. The molecule has 0 aliphatic rings. The van der Waals surface area contributed by atoms with Gasteiger partial charge < -0.3 is 9.84 Å². The third kappa shape index (κ3) is 4.96. The molecule has 0 aliphatic heterocycles. The lowest BCUT2D eigenvalue weighted by molar-refractivity contribution is -0.278. The van der Waals surface area contributed by atoms with Crippen molar-refractivity contribution in [3.05, 3.63) is 96.2 Å². The van der Waals surface area contributed by atoms with Crippen molar-refractivity contribution in [1.82, 2.24) is 9.78 Å². The molecular weight excluding hydrogens is 438 g/mol. The Morgan fingerprint density at radius 1 is 1.21 bits per heavy atom. The maximum Gasteiger partial charge on any atom is 0.424 e. The molecule has 0 spiro atoms. The van der Waals surface area contributed by atoms with Gasteiger partial charge in [0.2, 0.25) is 5.60 Å². The van der Waals surface area contributed by atoms with E-state index < -0.39 is 29.8 Å². The number of nitrogens with zero attached hydrogens (tertiary/aromatic N) is 3. The molecule has 0 amide bonds. The summed E-state index contributed by atoms with van der Waals surface area (Å²) in [5.41, 5.74) is -2.50. The summed E-state index contributed by atoms with van der Waals surface area (Å²) >= 11 is 0. The van der Waals surface area contributed by atoms with Crippen molar-refractivity contribution in [1.29, 1.82) is 5.26 Å². The van der Waals surface area contributed by atoms with Crippen molar-refractivity contribution in [3.63, 3.8) is 0 Å². The third-order valence-corrected chi connectivity index (χ3v) is 4.94. The lowest BCUT2D eigenvalue weighted by Crippen LogP contribution is -2.46. The number of rotatable bonds is 7. The minimum atomic E-state index is -5.06. The second-order valence-corrected chi connectivity index (χ2v) is 7.11. The van der Waals surface area contributed by atoms with Crippen LogP contribution in [0.2, 0.25) is 0 Å². The molecule has 33 heavy (non-hydrogen) atoms. The van der Waals surface area contributed by atoms with Crippen LogP contribution < -0.4 is 0 Å². The van der Waals surface area contributed by atoms with Crippen LogP contribution >= 0.6 is 0 Å². The number of hydrogen-bond donors (Lipinski definition) is 1. The highest BCUT2D eigenvalue weighted by Crippen LogP contribution is 2.40. The number of ether oxygens (including phenoxy) is 1. The van der Waals surface area contributed by atoms with E-state index in [9.17, 15) is 22.7 Å². The van der Waals surface area contributed by atoms with Crippen LogP contribution in [0.3, 0.4) is 0 Å². The Balaban J connectivity index is 1.91. The number of hydrogen-bond acceptors (Lipinski definition) is 4.